The topological polar surface area (TPSA) is 81.4 Å². The van der Waals surface area contributed by atoms with Crippen LogP contribution in [0.3, 0.4) is 0 Å². The second kappa shape index (κ2) is 9.33. The summed E-state index contributed by atoms with van der Waals surface area (Å²) in [6.45, 7) is 5.21. The lowest BCUT2D eigenvalue weighted by Crippen LogP contribution is -2.42. The van der Waals surface area contributed by atoms with Gasteiger partial charge in [-0.3, -0.25) is 4.79 Å². The third-order valence-corrected chi connectivity index (χ3v) is 4.65. The Morgan fingerprint density at radius 1 is 1.22 bits per heavy atom. The maximum Gasteiger partial charge on any atom is 0.417 e. The van der Waals surface area contributed by atoms with Crippen LogP contribution in [0.4, 0.5) is 17.6 Å². The summed E-state index contributed by atoms with van der Waals surface area (Å²) in [5.41, 5.74) is -0.956. The van der Waals surface area contributed by atoms with E-state index in [9.17, 15) is 22.4 Å². The number of hydrogen-bond acceptors (Lipinski definition) is 6. The molecule has 1 unspecified atom stereocenters. The fourth-order valence-electron chi connectivity index (χ4n) is 3.06. The smallest absolute Gasteiger partial charge is 0.417 e. The van der Waals surface area contributed by atoms with Crippen LogP contribution in [0.15, 0.2) is 40.9 Å². The number of benzene rings is 1. The van der Waals surface area contributed by atoms with Gasteiger partial charge < -0.3 is 14.1 Å². The van der Waals surface area contributed by atoms with Gasteiger partial charge in [0.05, 0.1) is 22.7 Å². The Bertz CT molecular complexity index is 1080. The Kier molecular flexibility index (Phi) is 6.75. The van der Waals surface area contributed by atoms with Gasteiger partial charge in [0.2, 0.25) is 11.8 Å². The molecule has 0 N–H and O–H groups in total. The Hall–Kier alpha value is -3.50. The van der Waals surface area contributed by atoms with Gasteiger partial charge in [-0.2, -0.15) is 13.2 Å². The monoisotopic (exact) mass is 452 g/mol. The molecule has 170 valence electrons. The number of halogens is 4. The zero-order valence-corrected chi connectivity index (χ0v) is 17.5. The SMILES string of the molecule is CCN(C(=O)c1cccc(F)c1-c1nnc(C)o1)C(C)COc1ccc(C(F)(F)F)cn1. The number of aromatic nitrogens is 3. The van der Waals surface area contributed by atoms with Crippen molar-refractivity contribution >= 4 is 5.91 Å². The fraction of sp³-hybridized carbons (Fsp3) is 0.333. The molecule has 3 aromatic rings. The van der Waals surface area contributed by atoms with E-state index in [1.165, 1.54) is 23.1 Å². The highest BCUT2D eigenvalue weighted by molar-refractivity contribution is 6.00. The van der Waals surface area contributed by atoms with E-state index in [4.69, 9.17) is 9.15 Å². The molecule has 0 bridgehead atoms. The number of ether oxygens (including phenoxy) is 1. The second-order valence-corrected chi connectivity index (χ2v) is 6.92. The van der Waals surface area contributed by atoms with E-state index < -0.39 is 29.5 Å². The summed E-state index contributed by atoms with van der Waals surface area (Å²) >= 11 is 0. The van der Waals surface area contributed by atoms with Gasteiger partial charge in [-0.05, 0) is 32.0 Å². The van der Waals surface area contributed by atoms with Crippen molar-refractivity contribution in [3.05, 3.63) is 59.4 Å². The predicted octanol–water partition coefficient (Wildman–Crippen LogP) is 4.53. The molecule has 0 aliphatic heterocycles. The maximum atomic E-state index is 14.5. The molecule has 1 atom stereocenters. The number of rotatable bonds is 7. The largest absolute Gasteiger partial charge is 0.475 e. The average molecular weight is 452 g/mol. The van der Waals surface area contributed by atoms with Crippen LogP contribution in [0.2, 0.25) is 0 Å². The van der Waals surface area contributed by atoms with E-state index in [1.807, 2.05) is 0 Å². The van der Waals surface area contributed by atoms with Gasteiger partial charge in [0, 0.05) is 25.7 Å². The van der Waals surface area contributed by atoms with Gasteiger partial charge in [-0.25, -0.2) is 9.37 Å². The first-order valence-electron chi connectivity index (χ1n) is 9.67. The standard InChI is InChI=1S/C21H20F4N4O3/c1-4-29(12(2)11-31-17-9-8-14(10-26-17)21(23,24)25)20(30)15-6-5-7-16(22)18(15)19-28-27-13(3)32-19/h5-10,12H,4,11H2,1-3H3. The number of nitrogens with zero attached hydrogens (tertiary/aromatic N) is 4. The van der Waals surface area contributed by atoms with Crippen LogP contribution in [0.1, 0.15) is 35.7 Å². The Morgan fingerprint density at radius 2 is 1.97 bits per heavy atom. The molecule has 0 spiro atoms. The molecule has 0 aliphatic rings. The van der Waals surface area contributed by atoms with Crippen LogP contribution < -0.4 is 4.74 Å². The Balaban J connectivity index is 1.77. The van der Waals surface area contributed by atoms with Gasteiger partial charge in [0.1, 0.15) is 12.4 Å². The fourth-order valence-corrected chi connectivity index (χ4v) is 3.06. The second-order valence-electron chi connectivity index (χ2n) is 6.92. The van der Waals surface area contributed by atoms with Crippen molar-refractivity contribution in [2.45, 2.75) is 33.0 Å². The molecule has 0 radical (unpaired) electrons. The lowest BCUT2D eigenvalue weighted by atomic mass is 10.0. The number of pyridine rings is 1. The van der Waals surface area contributed by atoms with Gasteiger partial charge in [-0.1, -0.05) is 6.07 Å². The minimum Gasteiger partial charge on any atom is -0.475 e. The van der Waals surface area contributed by atoms with Crippen LogP contribution in [0.25, 0.3) is 11.5 Å². The summed E-state index contributed by atoms with van der Waals surface area (Å²) in [7, 11) is 0. The number of alkyl halides is 3. The third-order valence-electron chi connectivity index (χ3n) is 4.65. The number of amides is 1. The van der Waals surface area contributed by atoms with E-state index in [1.54, 1.807) is 20.8 Å². The lowest BCUT2D eigenvalue weighted by Gasteiger charge is -2.28. The van der Waals surface area contributed by atoms with Crippen LogP contribution in [-0.4, -0.2) is 45.2 Å². The normalized spacial score (nSPS) is 12.5. The molecule has 7 nitrogen and oxygen atoms in total. The van der Waals surface area contributed by atoms with Gasteiger partial charge in [-0.15, -0.1) is 10.2 Å². The van der Waals surface area contributed by atoms with Crippen molar-refractivity contribution < 1.29 is 31.5 Å². The van der Waals surface area contributed by atoms with Crippen molar-refractivity contribution in [3.8, 4) is 17.3 Å². The predicted molar refractivity (Wildman–Crippen MR) is 105 cm³/mol. The quantitative estimate of drug-likeness (QED) is 0.490. The molecule has 0 saturated heterocycles. The number of likely N-dealkylation sites (N-methyl/N-ethyl adjacent to an activating group) is 1. The molecule has 2 aromatic heterocycles. The first-order chi connectivity index (χ1) is 15.1. The number of hydrogen-bond donors (Lipinski definition) is 0. The lowest BCUT2D eigenvalue weighted by molar-refractivity contribution is -0.137. The molecule has 3 rings (SSSR count). The van der Waals surface area contributed by atoms with E-state index in [0.717, 1.165) is 12.1 Å². The summed E-state index contributed by atoms with van der Waals surface area (Å²) in [6, 6.07) is 5.50. The van der Waals surface area contributed by atoms with Crippen molar-refractivity contribution in [2.24, 2.45) is 0 Å². The molecule has 0 fully saturated rings. The van der Waals surface area contributed by atoms with Crippen molar-refractivity contribution in [2.75, 3.05) is 13.2 Å². The Morgan fingerprint density at radius 3 is 2.53 bits per heavy atom. The molecule has 1 aromatic carbocycles. The summed E-state index contributed by atoms with van der Waals surface area (Å²) in [5, 5.41) is 7.49. The van der Waals surface area contributed by atoms with Crippen LogP contribution in [0, 0.1) is 12.7 Å². The van der Waals surface area contributed by atoms with Gasteiger partial charge >= 0.3 is 6.18 Å². The zero-order chi connectivity index (χ0) is 23.5. The molecular weight excluding hydrogens is 432 g/mol. The highest BCUT2D eigenvalue weighted by atomic mass is 19.4. The molecule has 11 heteroatoms. The highest BCUT2D eigenvalue weighted by Gasteiger charge is 2.31. The van der Waals surface area contributed by atoms with Gasteiger partial charge in [0.25, 0.3) is 11.8 Å². The molecule has 0 aliphatic carbocycles. The summed E-state index contributed by atoms with van der Waals surface area (Å²) < 4.78 is 63.3. The summed E-state index contributed by atoms with van der Waals surface area (Å²) in [6.07, 6.45) is -3.82. The first kappa shape index (κ1) is 23.2. The summed E-state index contributed by atoms with van der Waals surface area (Å²) in [5.74, 6) is -1.08. The molecular formula is C21H20F4N4O3. The number of aryl methyl sites for hydroxylation is 1. The molecule has 1 amide bonds. The number of carbonyl (C=O) groups is 1. The highest BCUT2D eigenvalue weighted by Crippen LogP contribution is 2.30. The van der Waals surface area contributed by atoms with E-state index in [0.29, 0.717) is 6.20 Å². The maximum absolute atomic E-state index is 14.5. The van der Waals surface area contributed by atoms with Gasteiger partial charge in [0.15, 0.2) is 0 Å². The van der Waals surface area contributed by atoms with E-state index in [-0.39, 0.29) is 41.9 Å². The zero-order valence-electron chi connectivity index (χ0n) is 17.5. The molecule has 32 heavy (non-hydrogen) atoms. The average Bonchev–Trinajstić information content (AvgIpc) is 3.18. The summed E-state index contributed by atoms with van der Waals surface area (Å²) in [4.78, 5) is 18.3. The number of carbonyl (C=O) groups excluding carboxylic acids is 1. The van der Waals surface area contributed by atoms with E-state index >= 15 is 0 Å². The van der Waals surface area contributed by atoms with Crippen molar-refractivity contribution in [1.29, 1.82) is 0 Å². The molecule has 2 heterocycles. The minimum atomic E-state index is -4.50. The molecule has 0 saturated carbocycles. The van der Waals surface area contributed by atoms with E-state index in [2.05, 4.69) is 15.2 Å². The van der Waals surface area contributed by atoms with Crippen LogP contribution >= 0.6 is 0 Å². The van der Waals surface area contributed by atoms with Crippen molar-refractivity contribution in [1.82, 2.24) is 20.1 Å². The van der Waals surface area contributed by atoms with Crippen LogP contribution in [-0.2, 0) is 6.18 Å². The first-order valence-corrected chi connectivity index (χ1v) is 9.67. The Labute approximate surface area is 181 Å². The van der Waals surface area contributed by atoms with Crippen molar-refractivity contribution in [3.63, 3.8) is 0 Å². The third kappa shape index (κ3) is 5.04. The minimum absolute atomic E-state index is 0.0128. The van der Waals surface area contributed by atoms with Crippen LogP contribution in [0.5, 0.6) is 5.88 Å².